The molecule has 1 aromatic carbocycles. The van der Waals surface area contributed by atoms with Crippen molar-refractivity contribution in [2.75, 3.05) is 7.11 Å². The van der Waals surface area contributed by atoms with Crippen LogP contribution in [-0.4, -0.2) is 12.9 Å². The number of carbonyl (C=O) groups is 1. The first-order chi connectivity index (χ1) is 7.19. The predicted molar refractivity (Wildman–Crippen MR) is 61.3 cm³/mol. The molecule has 15 heavy (non-hydrogen) atoms. The Morgan fingerprint density at radius 1 is 1.33 bits per heavy atom. The number of hydrogen-bond acceptors (Lipinski definition) is 2. The Balaban J connectivity index is 2.87. The third-order valence-electron chi connectivity index (χ3n) is 2.01. The van der Waals surface area contributed by atoms with Gasteiger partial charge in [-0.25, -0.2) is 0 Å². The molecule has 0 aliphatic heterocycles. The first-order valence-electron chi connectivity index (χ1n) is 4.69. The highest BCUT2D eigenvalue weighted by Crippen LogP contribution is 2.14. The number of methoxy groups -OCH3 is 1. The first kappa shape index (κ1) is 11.2. The lowest BCUT2D eigenvalue weighted by atomic mass is 10.0. The SMILES string of the molecule is C=C(/C=C\C)C(=O)c1ccc(OC)cc1. The van der Waals surface area contributed by atoms with Crippen molar-refractivity contribution in [2.24, 2.45) is 0 Å². The number of ketones is 1. The molecular formula is C13H14O2. The van der Waals surface area contributed by atoms with E-state index in [2.05, 4.69) is 6.58 Å². The number of carbonyl (C=O) groups excluding carboxylic acids is 1. The first-order valence-corrected chi connectivity index (χ1v) is 4.69. The fraction of sp³-hybridized carbons (Fsp3) is 0.154. The van der Waals surface area contributed by atoms with Gasteiger partial charge in [0, 0.05) is 11.1 Å². The minimum absolute atomic E-state index is 0.0595. The zero-order valence-corrected chi connectivity index (χ0v) is 8.99. The molecule has 0 N–H and O–H groups in total. The molecule has 0 saturated heterocycles. The maximum Gasteiger partial charge on any atom is 0.192 e. The fourth-order valence-electron chi connectivity index (χ4n) is 1.20. The minimum atomic E-state index is -0.0595. The summed E-state index contributed by atoms with van der Waals surface area (Å²) in [4.78, 5) is 11.7. The molecule has 2 nitrogen and oxygen atoms in total. The van der Waals surface area contributed by atoms with Crippen LogP contribution in [0.15, 0.2) is 48.6 Å². The van der Waals surface area contributed by atoms with Crippen LogP contribution in [0.2, 0.25) is 0 Å². The maximum absolute atomic E-state index is 11.7. The molecule has 0 atom stereocenters. The smallest absolute Gasteiger partial charge is 0.192 e. The molecule has 0 bridgehead atoms. The summed E-state index contributed by atoms with van der Waals surface area (Å²) in [5.74, 6) is 0.680. The molecule has 1 rings (SSSR count). The van der Waals surface area contributed by atoms with Crippen LogP contribution < -0.4 is 4.74 Å². The second-order valence-electron chi connectivity index (χ2n) is 3.08. The quantitative estimate of drug-likeness (QED) is 0.426. The van der Waals surface area contributed by atoms with Gasteiger partial charge < -0.3 is 4.74 Å². The van der Waals surface area contributed by atoms with Gasteiger partial charge in [0.15, 0.2) is 5.78 Å². The van der Waals surface area contributed by atoms with Gasteiger partial charge in [0.25, 0.3) is 0 Å². The molecule has 0 spiro atoms. The van der Waals surface area contributed by atoms with Crippen LogP contribution >= 0.6 is 0 Å². The fourth-order valence-corrected chi connectivity index (χ4v) is 1.20. The molecule has 0 amide bonds. The molecule has 0 radical (unpaired) electrons. The third kappa shape index (κ3) is 2.81. The lowest BCUT2D eigenvalue weighted by Gasteiger charge is -2.02. The van der Waals surface area contributed by atoms with E-state index in [4.69, 9.17) is 4.74 Å². The second kappa shape index (κ2) is 5.15. The molecule has 0 aliphatic rings. The summed E-state index contributed by atoms with van der Waals surface area (Å²) in [6, 6.07) is 6.98. The van der Waals surface area contributed by atoms with Gasteiger partial charge in [0.1, 0.15) is 5.75 Å². The Bertz CT molecular complexity index is 386. The molecule has 0 heterocycles. The maximum atomic E-state index is 11.7. The van der Waals surface area contributed by atoms with E-state index in [1.807, 2.05) is 6.92 Å². The normalized spacial score (nSPS) is 10.3. The summed E-state index contributed by atoms with van der Waals surface area (Å²) >= 11 is 0. The van der Waals surface area contributed by atoms with Crippen molar-refractivity contribution in [3.8, 4) is 5.75 Å². The van der Waals surface area contributed by atoms with Crippen LogP contribution in [0.5, 0.6) is 5.75 Å². The van der Waals surface area contributed by atoms with Gasteiger partial charge in [-0.15, -0.1) is 0 Å². The summed E-state index contributed by atoms with van der Waals surface area (Å²) in [5.41, 5.74) is 1.11. The van der Waals surface area contributed by atoms with Gasteiger partial charge in [-0.3, -0.25) is 4.79 Å². The van der Waals surface area contributed by atoms with Gasteiger partial charge >= 0.3 is 0 Å². The van der Waals surface area contributed by atoms with Crippen molar-refractivity contribution < 1.29 is 9.53 Å². The summed E-state index contributed by atoms with van der Waals surface area (Å²) < 4.78 is 5.01. The number of benzene rings is 1. The Labute approximate surface area is 89.9 Å². The Kier molecular flexibility index (Phi) is 3.86. The average Bonchev–Trinajstić information content (AvgIpc) is 2.28. The van der Waals surface area contributed by atoms with Crippen LogP contribution in [0, 0.1) is 0 Å². The van der Waals surface area contributed by atoms with Crippen LogP contribution in [0.3, 0.4) is 0 Å². The van der Waals surface area contributed by atoms with Gasteiger partial charge in [0.05, 0.1) is 7.11 Å². The average molecular weight is 202 g/mol. The van der Waals surface area contributed by atoms with Gasteiger partial charge in [0.2, 0.25) is 0 Å². The summed E-state index contributed by atoms with van der Waals surface area (Å²) in [6.45, 7) is 5.55. The molecule has 0 saturated carbocycles. The van der Waals surface area contributed by atoms with E-state index in [9.17, 15) is 4.79 Å². The lowest BCUT2D eigenvalue weighted by Crippen LogP contribution is -2.00. The minimum Gasteiger partial charge on any atom is -0.497 e. The predicted octanol–water partition coefficient (Wildman–Crippen LogP) is 3.01. The van der Waals surface area contributed by atoms with Crippen LogP contribution in [0.25, 0.3) is 0 Å². The summed E-state index contributed by atoms with van der Waals surface area (Å²) in [6.07, 6.45) is 3.50. The van der Waals surface area contributed by atoms with Gasteiger partial charge in [-0.05, 0) is 31.2 Å². The monoisotopic (exact) mass is 202 g/mol. The molecule has 0 unspecified atom stereocenters. The topological polar surface area (TPSA) is 26.3 Å². The number of allylic oxidation sites excluding steroid dienone is 3. The highest BCUT2D eigenvalue weighted by atomic mass is 16.5. The van der Waals surface area contributed by atoms with E-state index in [0.717, 1.165) is 5.75 Å². The molecule has 0 aliphatic carbocycles. The molecule has 0 aromatic heterocycles. The van der Waals surface area contributed by atoms with Crippen LogP contribution in [0.4, 0.5) is 0 Å². The zero-order valence-electron chi connectivity index (χ0n) is 8.99. The van der Waals surface area contributed by atoms with Gasteiger partial charge in [-0.2, -0.15) is 0 Å². The number of ether oxygens (including phenoxy) is 1. The van der Waals surface area contributed by atoms with Crippen LogP contribution in [0.1, 0.15) is 17.3 Å². The Morgan fingerprint density at radius 2 is 1.93 bits per heavy atom. The number of rotatable bonds is 4. The summed E-state index contributed by atoms with van der Waals surface area (Å²) in [5, 5.41) is 0. The van der Waals surface area contributed by atoms with E-state index in [-0.39, 0.29) is 5.78 Å². The lowest BCUT2D eigenvalue weighted by molar-refractivity contribution is 0.103. The van der Waals surface area contributed by atoms with Crippen molar-refractivity contribution in [1.29, 1.82) is 0 Å². The highest BCUT2D eigenvalue weighted by molar-refractivity contribution is 6.10. The molecular weight excluding hydrogens is 188 g/mol. The van der Waals surface area contributed by atoms with Crippen molar-refractivity contribution in [1.82, 2.24) is 0 Å². The van der Waals surface area contributed by atoms with Crippen molar-refractivity contribution in [3.05, 3.63) is 54.1 Å². The standard InChI is InChI=1S/C13H14O2/c1-4-5-10(2)13(14)11-6-8-12(15-3)9-7-11/h4-9H,2H2,1,3H3/b5-4-. The summed E-state index contributed by atoms with van der Waals surface area (Å²) in [7, 11) is 1.59. The number of Topliss-reactive ketones (excluding diaryl/α,β-unsaturated/α-hetero) is 1. The zero-order chi connectivity index (χ0) is 11.3. The molecule has 78 valence electrons. The number of hydrogen-bond donors (Lipinski definition) is 0. The molecule has 2 heteroatoms. The molecule has 1 aromatic rings. The Hall–Kier alpha value is -1.83. The van der Waals surface area contributed by atoms with E-state index in [1.54, 1.807) is 43.5 Å². The van der Waals surface area contributed by atoms with Gasteiger partial charge in [-0.1, -0.05) is 18.7 Å². The Morgan fingerprint density at radius 3 is 2.40 bits per heavy atom. The van der Waals surface area contributed by atoms with E-state index < -0.39 is 0 Å². The van der Waals surface area contributed by atoms with Crippen LogP contribution in [-0.2, 0) is 0 Å². The molecule has 0 fully saturated rings. The van der Waals surface area contributed by atoms with E-state index >= 15 is 0 Å². The van der Waals surface area contributed by atoms with Crippen molar-refractivity contribution in [3.63, 3.8) is 0 Å². The second-order valence-corrected chi connectivity index (χ2v) is 3.08. The van der Waals surface area contributed by atoms with E-state index in [0.29, 0.717) is 11.1 Å². The largest absolute Gasteiger partial charge is 0.497 e. The highest BCUT2D eigenvalue weighted by Gasteiger charge is 2.07. The van der Waals surface area contributed by atoms with Crippen molar-refractivity contribution in [2.45, 2.75) is 6.92 Å². The van der Waals surface area contributed by atoms with E-state index in [1.165, 1.54) is 0 Å². The van der Waals surface area contributed by atoms with Crippen molar-refractivity contribution >= 4 is 5.78 Å². The third-order valence-corrected chi connectivity index (χ3v) is 2.01.